The van der Waals surface area contributed by atoms with Crippen molar-refractivity contribution < 1.29 is 9.18 Å². The molecule has 0 bridgehead atoms. The first-order valence-electron chi connectivity index (χ1n) is 6.52. The molecule has 0 aliphatic heterocycles. The van der Waals surface area contributed by atoms with Gasteiger partial charge in [0.25, 0.3) is 5.91 Å². The zero-order valence-electron chi connectivity index (χ0n) is 10.2. The average Bonchev–Trinajstić information content (AvgIpc) is 3.22. The van der Waals surface area contributed by atoms with Gasteiger partial charge in [-0.05, 0) is 43.7 Å². The van der Waals surface area contributed by atoms with E-state index in [9.17, 15) is 9.18 Å². The molecule has 2 aliphatic carbocycles. The van der Waals surface area contributed by atoms with Gasteiger partial charge in [0.2, 0.25) is 0 Å². The van der Waals surface area contributed by atoms with Crippen molar-refractivity contribution in [3.05, 3.63) is 29.6 Å². The Hall–Kier alpha value is -1.58. The van der Waals surface area contributed by atoms with Crippen molar-refractivity contribution in [2.45, 2.75) is 31.7 Å². The summed E-state index contributed by atoms with van der Waals surface area (Å²) in [6.45, 7) is 0.805. The topological polar surface area (TPSA) is 46.3 Å². The summed E-state index contributed by atoms with van der Waals surface area (Å²) in [5.74, 6) is 0.0220. The van der Waals surface area contributed by atoms with Crippen molar-refractivity contribution in [2.24, 2.45) is 5.92 Å². The van der Waals surface area contributed by atoms with E-state index in [4.69, 9.17) is 5.73 Å². The smallest absolute Gasteiger partial charge is 0.256 e. The number of hydrogen-bond donors (Lipinski definition) is 1. The second-order valence-corrected chi connectivity index (χ2v) is 5.33. The molecule has 18 heavy (non-hydrogen) atoms. The van der Waals surface area contributed by atoms with E-state index in [1.807, 2.05) is 4.90 Å². The van der Waals surface area contributed by atoms with Crippen LogP contribution in [0.4, 0.5) is 10.1 Å². The molecule has 0 saturated heterocycles. The Morgan fingerprint density at radius 3 is 2.67 bits per heavy atom. The van der Waals surface area contributed by atoms with E-state index in [-0.39, 0.29) is 11.6 Å². The van der Waals surface area contributed by atoms with Crippen LogP contribution in [-0.2, 0) is 0 Å². The fourth-order valence-corrected chi connectivity index (χ4v) is 2.24. The van der Waals surface area contributed by atoms with Gasteiger partial charge in [-0.1, -0.05) is 6.07 Å². The molecule has 3 nitrogen and oxygen atoms in total. The molecule has 2 aliphatic rings. The Morgan fingerprint density at radius 2 is 2.06 bits per heavy atom. The van der Waals surface area contributed by atoms with Crippen LogP contribution in [0.1, 0.15) is 36.0 Å². The molecule has 0 radical (unpaired) electrons. The molecule has 2 N–H and O–H groups in total. The minimum absolute atomic E-state index is 0.0241. The number of hydrogen-bond acceptors (Lipinski definition) is 2. The lowest BCUT2D eigenvalue weighted by molar-refractivity contribution is 0.0735. The first-order valence-corrected chi connectivity index (χ1v) is 6.52. The number of benzene rings is 1. The van der Waals surface area contributed by atoms with Crippen molar-refractivity contribution >= 4 is 11.6 Å². The van der Waals surface area contributed by atoms with Crippen molar-refractivity contribution in [2.75, 3.05) is 12.3 Å². The summed E-state index contributed by atoms with van der Waals surface area (Å²) in [4.78, 5) is 14.3. The zero-order valence-corrected chi connectivity index (χ0v) is 10.2. The van der Waals surface area contributed by atoms with Gasteiger partial charge < -0.3 is 10.6 Å². The van der Waals surface area contributed by atoms with Gasteiger partial charge in [-0.15, -0.1) is 0 Å². The lowest BCUT2D eigenvalue weighted by Crippen LogP contribution is -2.35. The predicted octanol–water partition coefficient (Wildman–Crippen LogP) is 2.42. The SMILES string of the molecule is Nc1c(F)cccc1C(=O)N(CC1CC1)C1CC1. The average molecular weight is 248 g/mol. The number of nitrogens with two attached hydrogens (primary N) is 1. The highest BCUT2D eigenvalue weighted by atomic mass is 19.1. The number of halogens is 1. The molecule has 2 fully saturated rings. The third kappa shape index (κ3) is 2.19. The highest BCUT2D eigenvalue weighted by molar-refractivity contribution is 5.99. The second-order valence-electron chi connectivity index (χ2n) is 5.33. The maximum absolute atomic E-state index is 13.4. The molecule has 4 heteroatoms. The van der Waals surface area contributed by atoms with Gasteiger partial charge in [0, 0.05) is 12.6 Å². The molecule has 0 heterocycles. The van der Waals surface area contributed by atoms with E-state index >= 15 is 0 Å². The molecule has 0 aromatic heterocycles. The Morgan fingerprint density at radius 1 is 1.33 bits per heavy atom. The number of para-hydroxylation sites is 1. The van der Waals surface area contributed by atoms with Crippen LogP contribution >= 0.6 is 0 Å². The maximum atomic E-state index is 13.4. The molecule has 96 valence electrons. The fourth-order valence-electron chi connectivity index (χ4n) is 2.24. The highest BCUT2D eigenvalue weighted by Gasteiger charge is 2.37. The Balaban J connectivity index is 1.84. The summed E-state index contributed by atoms with van der Waals surface area (Å²) < 4.78 is 13.4. The number of rotatable bonds is 4. The van der Waals surface area contributed by atoms with Crippen molar-refractivity contribution in [1.29, 1.82) is 0 Å². The van der Waals surface area contributed by atoms with E-state index < -0.39 is 5.82 Å². The maximum Gasteiger partial charge on any atom is 0.256 e. The molecule has 1 aromatic rings. The van der Waals surface area contributed by atoms with Crippen LogP contribution in [0.2, 0.25) is 0 Å². The van der Waals surface area contributed by atoms with Gasteiger partial charge in [-0.2, -0.15) is 0 Å². The fraction of sp³-hybridized carbons (Fsp3) is 0.500. The quantitative estimate of drug-likeness (QED) is 0.832. The van der Waals surface area contributed by atoms with Crippen molar-refractivity contribution in [3.8, 4) is 0 Å². The Labute approximate surface area is 106 Å². The van der Waals surface area contributed by atoms with Crippen LogP contribution < -0.4 is 5.73 Å². The Bertz CT molecular complexity index is 481. The number of nitrogen functional groups attached to an aromatic ring is 1. The molecular weight excluding hydrogens is 231 g/mol. The molecule has 1 amide bonds. The van der Waals surface area contributed by atoms with Gasteiger partial charge in [-0.3, -0.25) is 4.79 Å². The summed E-state index contributed by atoms with van der Waals surface area (Å²) in [6, 6.07) is 4.79. The molecule has 3 rings (SSSR count). The molecule has 1 aromatic carbocycles. The van der Waals surface area contributed by atoms with Crippen LogP contribution in [-0.4, -0.2) is 23.4 Å². The van der Waals surface area contributed by atoms with E-state index in [0.717, 1.165) is 19.4 Å². The minimum Gasteiger partial charge on any atom is -0.396 e. The molecule has 0 atom stereocenters. The molecule has 2 saturated carbocycles. The predicted molar refractivity (Wildman–Crippen MR) is 67.6 cm³/mol. The lowest BCUT2D eigenvalue weighted by Gasteiger charge is -2.23. The van der Waals surface area contributed by atoms with Crippen LogP contribution in [0.25, 0.3) is 0 Å². The standard InChI is InChI=1S/C14H17FN2O/c15-12-3-1-2-11(13(12)16)14(18)17(10-6-7-10)8-9-4-5-9/h1-3,9-10H,4-8,16H2. The summed E-state index contributed by atoms with van der Waals surface area (Å²) >= 11 is 0. The largest absolute Gasteiger partial charge is 0.396 e. The first-order chi connectivity index (χ1) is 8.66. The highest BCUT2D eigenvalue weighted by Crippen LogP contribution is 2.36. The van der Waals surface area contributed by atoms with Gasteiger partial charge in [-0.25, -0.2) is 4.39 Å². The van der Waals surface area contributed by atoms with Gasteiger partial charge >= 0.3 is 0 Å². The zero-order chi connectivity index (χ0) is 12.7. The van der Waals surface area contributed by atoms with Crippen LogP contribution in [0.5, 0.6) is 0 Å². The lowest BCUT2D eigenvalue weighted by atomic mass is 10.1. The monoisotopic (exact) mass is 248 g/mol. The summed E-state index contributed by atoms with van der Waals surface area (Å²) in [5, 5.41) is 0. The van der Waals surface area contributed by atoms with Crippen molar-refractivity contribution in [3.63, 3.8) is 0 Å². The summed E-state index contributed by atoms with van der Waals surface area (Å²) in [5.41, 5.74) is 5.95. The molecule has 0 spiro atoms. The second kappa shape index (κ2) is 4.26. The van der Waals surface area contributed by atoms with E-state index in [2.05, 4.69) is 0 Å². The number of anilines is 1. The number of nitrogens with zero attached hydrogens (tertiary/aromatic N) is 1. The van der Waals surface area contributed by atoms with Crippen molar-refractivity contribution in [1.82, 2.24) is 4.90 Å². The van der Waals surface area contributed by atoms with Crippen LogP contribution in [0.3, 0.4) is 0 Å². The molecule has 0 unspecified atom stereocenters. The summed E-state index contributed by atoms with van der Waals surface area (Å²) in [7, 11) is 0. The van der Waals surface area contributed by atoms with Gasteiger partial charge in [0.1, 0.15) is 5.82 Å². The van der Waals surface area contributed by atoms with Gasteiger partial charge in [0.05, 0.1) is 11.3 Å². The van der Waals surface area contributed by atoms with Crippen LogP contribution in [0, 0.1) is 11.7 Å². The number of carbonyl (C=O) groups is 1. The number of amides is 1. The third-order valence-corrected chi connectivity index (χ3v) is 3.68. The Kier molecular flexibility index (Phi) is 2.73. The van der Waals surface area contributed by atoms with E-state index in [1.54, 1.807) is 12.1 Å². The van der Waals surface area contributed by atoms with E-state index in [1.165, 1.54) is 18.9 Å². The summed E-state index contributed by atoms with van der Waals surface area (Å²) in [6.07, 6.45) is 4.53. The normalized spacial score (nSPS) is 18.7. The first kappa shape index (κ1) is 11.5. The van der Waals surface area contributed by atoms with Crippen LogP contribution in [0.15, 0.2) is 18.2 Å². The minimum atomic E-state index is -0.511. The molecular formula is C14H17FN2O. The van der Waals surface area contributed by atoms with E-state index in [0.29, 0.717) is 17.5 Å². The third-order valence-electron chi connectivity index (χ3n) is 3.68. The number of carbonyl (C=O) groups excluding carboxylic acids is 1. The van der Waals surface area contributed by atoms with Gasteiger partial charge in [0.15, 0.2) is 0 Å².